The number of nitrogens with two attached hydrogens (primary N) is 1. The maximum absolute atomic E-state index is 13.3. The van der Waals surface area contributed by atoms with Crippen LogP contribution in [0.4, 0.5) is 4.39 Å². The predicted molar refractivity (Wildman–Crippen MR) is 76.2 cm³/mol. The molecule has 0 spiro atoms. The van der Waals surface area contributed by atoms with Gasteiger partial charge in [-0.3, -0.25) is 9.59 Å². The number of carbonyl (C=O) groups is 2. The van der Waals surface area contributed by atoms with Crippen molar-refractivity contribution in [2.75, 3.05) is 5.75 Å². The third kappa shape index (κ3) is 3.61. The van der Waals surface area contributed by atoms with Crippen LogP contribution in [0.5, 0.6) is 0 Å². The van der Waals surface area contributed by atoms with Crippen LogP contribution in [0.1, 0.15) is 17.9 Å². The van der Waals surface area contributed by atoms with Gasteiger partial charge in [-0.1, -0.05) is 23.9 Å². The number of halogens is 1. The fourth-order valence-corrected chi connectivity index (χ4v) is 2.90. The van der Waals surface area contributed by atoms with Crippen molar-refractivity contribution < 1.29 is 14.0 Å². The molecule has 1 aliphatic rings. The number of hydrogen-bond donors (Lipinski definition) is 2. The van der Waals surface area contributed by atoms with Gasteiger partial charge < -0.3 is 11.1 Å². The predicted octanol–water partition coefficient (Wildman–Crippen LogP) is 1.38. The zero-order valence-electron chi connectivity index (χ0n) is 10.9. The standard InChI is InChI=1S/C14H12FN3O2S/c15-9-3-1-2-8(4-9)10-5-13(20)18-14(11(10)6-16)21-7-12(17)19/h1-4,10H,5,7H2,(H2,17,19)(H,18,20)/t10-/m1/s1. The first-order valence-electron chi connectivity index (χ1n) is 6.12. The minimum absolute atomic E-state index is 0.0450. The van der Waals surface area contributed by atoms with Gasteiger partial charge >= 0.3 is 0 Å². The van der Waals surface area contributed by atoms with Crippen molar-refractivity contribution in [3.05, 3.63) is 46.2 Å². The summed E-state index contributed by atoms with van der Waals surface area (Å²) in [6.45, 7) is 0. The molecular formula is C14H12FN3O2S. The molecule has 2 amide bonds. The molecule has 3 N–H and O–H groups in total. The van der Waals surface area contributed by atoms with Crippen LogP contribution in [-0.2, 0) is 9.59 Å². The number of nitriles is 1. The number of rotatable bonds is 4. The summed E-state index contributed by atoms with van der Waals surface area (Å²) in [5.41, 5.74) is 5.94. The molecule has 21 heavy (non-hydrogen) atoms. The van der Waals surface area contributed by atoms with Gasteiger partial charge in [0, 0.05) is 12.3 Å². The SMILES string of the molecule is N#CC1=C(SCC(N)=O)NC(=O)C[C@@H]1c1cccc(F)c1. The van der Waals surface area contributed by atoms with Gasteiger partial charge in [-0.2, -0.15) is 5.26 Å². The Morgan fingerprint density at radius 1 is 1.57 bits per heavy atom. The molecule has 7 heteroatoms. The van der Waals surface area contributed by atoms with Crippen LogP contribution in [0.3, 0.4) is 0 Å². The first-order chi connectivity index (χ1) is 10.0. The third-order valence-corrected chi connectivity index (χ3v) is 4.01. The van der Waals surface area contributed by atoms with Crippen LogP contribution in [0.25, 0.3) is 0 Å². The zero-order chi connectivity index (χ0) is 15.4. The molecule has 2 rings (SSSR count). The molecule has 1 aromatic carbocycles. The Balaban J connectivity index is 2.39. The van der Waals surface area contributed by atoms with Crippen LogP contribution in [0.2, 0.25) is 0 Å². The molecule has 1 heterocycles. The molecule has 0 unspecified atom stereocenters. The molecule has 0 bridgehead atoms. The molecule has 0 radical (unpaired) electrons. The van der Waals surface area contributed by atoms with E-state index in [1.54, 1.807) is 6.07 Å². The lowest BCUT2D eigenvalue weighted by Gasteiger charge is -2.24. The van der Waals surface area contributed by atoms with Crippen LogP contribution in [0.15, 0.2) is 34.9 Å². The summed E-state index contributed by atoms with van der Waals surface area (Å²) in [6, 6.07) is 7.83. The van der Waals surface area contributed by atoms with Gasteiger partial charge in [-0.15, -0.1) is 0 Å². The Morgan fingerprint density at radius 2 is 2.33 bits per heavy atom. The van der Waals surface area contributed by atoms with E-state index in [9.17, 15) is 19.2 Å². The van der Waals surface area contributed by atoms with Crippen LogP contribution >= 0.6 is 11.8 Å². The third-order valence-electron chi connectivity index (χ3n) is 2.97. The van der Waals surface area contributed by atoms with E-state index in [4.69, 9.17) is 5.73 Å². The maximum Gasteiger partial charge on any atom is 0.227 e. The lowest BCUT2D eigenvalue weighted by molar-refractivity contribution is -0.121. The Hall–Kier alpha value is -2.33. The molecule has 1 atom stereocenters. The highest BCUT2D eigenvalue weighted by atomic mass is 32.2. The van der Waals surface area contributed by atoms with E-state index in [-0.39, 0.29) is 18.1 Å². The van der Waals surface area contributed by atoms with Gasteiger partial charge in [0.25, 0.3) is 0 Å². The second-order valence-electron chi connectivity index (χ2n) is 4.47. The molecule has 108 valence electrons. The quantitative estimate of drug-likeness (QED) is 0.878. The average molecular weight is 305 g/mol. The molecule has 0 saturated carbocycles. The van der Waals surface area contributed by atoms with Crippen molar-refractivity contribution in [2.45, 2.75) is 12.3 Å². The summed E-state index contributed by atoms with van der Waals surface area (Å²) < 4.78 is 13.3. The Labute approximate surface area is 125 Å². The second kappa shape index (κ2) is 6.41. The van der Waals surface area contributed by atoms with Crippen molar-refractivity contribution in [3.63, 3.8) is 0 Å². The lowest BCUT2D eigenvalue weighted by atomic mass is 9.87. The highest BCUT2D eigenvalue weighted by molar-refractivity contribution is 8.03. The Kier molecular flexibility index (Phi) is 4.60. The minimum atomic E-state index is -0.549. The van der Waals surface area contributed by atoms with Crippen molar-refractivity contribution in [1.82, 2.24) is 5.32 Å². The molecule has 0 aliphatic carbocycles. The van der Waals surface area contributed by atoms with E-state index in [0.29, 0.717) is 16.2 Å². The van der Waals surface area contributed by atoms with Gasteiger partial charge in [-0.25, -0.2) is 4.39 Å². The minimum Gasteiger partial charge on any atom is -0.369 e. The molecule has 5 nitrogen and oxygen atoms in total. The highest BCUT2D eigenvalue weighted by Crippen LogP contribution is 2.35. The molecule has 0 fully saturated rings. The number of primary amides is 1. The van der Waals surface area contributed by atoms with E-state index in [1.807, 2.05) is 6.07 Å². The van der Waals surface area contributed by atoms with Gasteiger partial charge in [0.2, 0.25) is 11.8 Å². The molecule has 0 saturated heterocycles. The van der Waals surface area contributed by atoms with Crippen LogP contribution < -0.4 is 11.1 Å². The van der Waals surface area contributed by atoms with E-state index in [0.717, 1.165) is 11.8 Å². The van der Waals surface area contributed by atoms with Crippen LogP contribution in [-0.4, -0.2) is 17.6 Å². The Bertz CT molecular complexity index is 666. The molecular weight excluding hydrogens is 293 g/mol. The van der Waals surface area contributed by atoms with Gasteiger partial charge in [0.15, 0.2) is 0 Å². The lowest BCUT2D eigenvalue weighted by Crippen LogP contribution is -2.31. The monoisotopic (exact) mass is 305 g/mol. The first kappa shape index (κ1) is 15.1. The molecule has 1 aliphatic heterocycles. The van der Waals surface area contributed by atoms with E-state index in [1.165, 1.54) is 18.2 Å². The largest absolute Gasteiger partial charge is 0.369 e. The van der Waals surface area contributed by atoms with Gasteiger partial charge in [-0.05, 0) is 17.7 Å². The molecule has 0 aromatic heterocycles. The summed E-state index contributed by atoms with van der Waals surface area (Å²) in [7, 11) is 0. The number of benzene rings is 1. The number of allylic oxidation sites excluding steroid dienone is 1. The average Bonchev–Trinajstić information content (AvgIpc) is 2.44. The molecule has 1 aromatic rings. The van der Waals surface area contributed by atoms with Crippen molar-refractivity contribution >= 4 is 23.6 Å². The zero-order valence-corrected chi connectivity index (χ0v) is 11.7. The number of thioether (sulfide) groups is 1. The summed E-state index contributed by atoms with van der Waals surface area (Å²) in [5, 5.41) is 12.2. The number of amides is 2. The van der Waals surface area contributed by atoms with E-state index in [2.05, 4.69) is 5.32 Å². The second-order valence-corrected chi connectivity index (χ2v) is 5.46. The first-order valence-corrected chi connectivity index (χ1v) is 7.10. The topological polar surface area (TPSA) is 96.0 Å². The van der Waals surface area contributed by atoms with E-state index >= 15 is 0 Å². The van der Waals surface area contributed by atoms with Gasteiger partial charge in [0.1, 0.15) is 5.82 Å². The van der Waals surface area contributed by atoms with Crippen molar-refractivity contribution in [2.24, 2.45) is 5.73 Å². The maximum atomic E-state index is 13.3. The summed E-state index contributed by atoms with van der Waals surface area (Å²) >= 11 is 1.00. The van der Waals surface area contributed by atoms with E-state index < -0.39 is 17.6 Å². The van der Waals surface area contributed by atoms with Gasteiger partial charge in [0.05, 0.1) is 22.4 Å². The van der Waals surface area contributed by atoms with Crippen molar-refractivity contribution in [3.8, 4) is 6.07 Å². The number of carbonyl (C=O) groups excluding carboxylic acids is 2. The summed E-state index contributed by atoms with van der Waals surface area (Å²) in [6.07, 6.45) is 0.0625. The van der Waals surface area contributed by atoms with Crippen molar-refractivity contribution in [1.29, 1.82) is 5.26 Å². The Morgan fingerprint density at radius 3 is 2.95 bits per heavy atom. The number of nitrogens with one attached hydrogen (secondary N) is 1. The number of hydrogen-bond acceptors (Lipinski definition) is 4. The summed E-state index contributed by atoms with van der Waals surface area (Å²) in [4.78, 5) is 22.6. The fraction of sp³-hybridized carbons (Fsp3) is 0.214. The van der Waals surface area contributed by atoms with Crippen LogP contribution in [0, 0.1) is 17.1 Å². The summed E-state index contributed by atoms with van der Waals surface area (Å²) in [5.74, 6) is -1.82. The fourth-order valence-electron chi connectivity index (χ4n) is 2.08. The smallest absolute Gasteiger partial charge is 0.227 e. The number of nitrogens with zero attached hydrogens (tertiary/aromatic N) is 1. The normalized spacial score (nSPS) is 18.1. The highest BCUT2D eigenvalue weighted by Gasteiger charge is 2.29.